The molecule has 1 aliphatic carbocycles. The number of nitrogens with zero attached hydrogens (tertiary/aromatic N) is 4. The van der Waals surface area contributed by atoms with Crippen molar-refractivity contribution in [1.29, 1.82) is 5.41 Å². The molecular weight excluding hydrogens is 402 g/mol. The van der Waals surface area contributed by atoms with Gasteiger partial charge in [-0.3, -0.25) is 4.40 Å². The van der Waals surface area contributed by atoms with Crippen molar-refractivity contribution < 1.29 is 0 Å². The summed E-state index contributed by atoms with van der Waals surface area (Å²) in [6, 6.07) is 14.9. The van der Waals surface area contributed by atoms with E-state index in [1.54, 1.807) is 11.8 Å². The zero-order chi connectivity index (χ0) is 20.8. The number of aromatic nitrogens is 3. The maximum Gasteiger partial charge on any atom is 0.211 e. The molecule has 0 radical (unpaired) electrons. The van der Waals surface area contributed by atoms with E-state index in [-0.39, 0.29) is 5.41 Å². The Labute approximate surface area is 186 Å². The summed E-state index contributed by atoms with van der Waals surface area (Å²) in [6.45, 7) is 1.91. The van der Waals surface area contributed by atoms with Gasteiger partial charge in [-0.15, -0.1) is 0 Å². The first kappa shape index (κ1) is 18.9. The zero-order valence-corrected chi connectivity index (χ0v) is 18.2. The van der Waals surface area contributed by atoms with Crippen LogP contribution in [0.15, 0.2) is 70.8 Å². The van der Waals surface area contributed by atoms with Gasteiger partial charge < -0.3 is 10.3 Å². The Kier molecular flexibility index (Phi) is 4.49. The highest BCUT2D eigenvalue weighted by molar-refractivity contribution is 7.99. The minimum atomic E-state index is 0.161. The molecule has 2 aromatic carbocycles. The Morgan fingerprint density at radius 2 is 1.77 bits per heavy atom. The van der Waals surface area contributed by atoms with Gasteiger partial charge in [-0.05, 0) is 48.9 Å². The lowest BCUT2D eigenvalue weighted by molar-refractivity contribution is 0.316. The van der Waals surface area contributed by atoms with Crippen molar-refractivity contribution in [2.24, 2.45) is 5.41 Å². The fourth-order valence-electron chi connectivity index (χ4n) is 5.30. The molecule has 2 fully saturated rings. The molecule has 4 aromatic rings. The first-order valence-corrected chi connectivity index (χ1v) is 11.9. The van der Waals surface area contributed by atoms with Crippen LogP contribution < -0.4 is 4.90 Å². The van der Waals surface area contributed by atoms with Crippen LogP contribution in [0.1, 0.15) is 32.1 Å². The number of imidazole rings is 1. The Morgan fingerprint density at radius 3 is 2.61 bits per heavy atom. The molecule has 2 aromatic heterocycles. The van der Waals surface area contributed by atoms with E-state index in [1.165, 1.54) is 28.5 Å². The number of hydrogen-bond donors (Lipinski definition) is 1. The second-order valence-corrected chi connectivity index (χ2v) is 9.81. The van der Waals surface area contributed by atoms with Crippen LogP contribution in [0.3, 0.4) is 0 Å². The van der Waals surface area contributed by atoms with Crippen molar-refractivity contribution >= 4 is 39.8 Å². The predicted octanol–water partition coefficient (Wildman–Crippen LogP) is 5.82. The number of anilines is 1. The monoisotopic (exact) mass is 427 g/mol. The molecular formula is C25H25N5S. The van der Waals surface area contributed by atoms with Crippen molar-refractivity contribution in [3.8, 4) is 0 Å². The quantitative estimate of drug-likeness (QED) is 0.447. The van der Waals surface area contributed by atoms with Crippen LogP contribution in [0, 0.1) is 10.8 Å². The Balaban J connectivity index is 1.31. The van der Waals surface area contributed by atoms with Crippen LogP contribution in [0.4, 0.5) is 5.95 Å². The largest absolute Gasteiger partial charge is 0.342 e. The molecule has 0 unspecified atom stereocenters. The molecule has 0 amide bonds. The molecule has 1 spiro atoms. The van der Waals surface area contributed by atoms with Gasteiger partial charge in [0.05, 0.1) is 4.90 Å². The minimum Gasteiger partial charge on any atom is -0.342 e. The third-order valence-electron chi connectivity index (χ3n) is 7.07. The summed E-state index contributed by atoms with van der Waals surface area (Å²) in [4.78, 5) is 14.2. The molecule has 1 saturated heterocycles. The fourth-order valence-corrected chi connectivity index (χ4v) is 6.33. The molecule has 3 heterocycles. The lowest BCUT2D eigenvalue weighted by atomic mass is 9.76. The molecule has 31 heavy (non-hydrogen) atoms. The zero-order valence-electron chi connectivity index (χ0n) is 17.4. The molecule has 6 rings (SSSR count). The predicted molar refractivity (Wildman–Crippen MR) is 127 cm³/mol. The molecule has 0 bridgehead atoms. The summed E-state index contributed by atoms with van der Waals surface area (Å²) in [5.74, 6) is 0.967. The number of nitrogens with one attached hydrogen (secondary N) is 1. The summed E-state index contributed by atoms with van der Waals surface area (Å²) >= 11 is 1.73. The lowest BCUT2D eigenvalue weighted by Gasteiger charge is -2.40. The fraction of sp³-hybridized carbons (Fsp3) is 0.320. The Hall–Kier alpha value is -2.86. The van der Waals surface area contributed by atoms with E-state index in [2.05, 4.69) is 56.7 Å². The van der Waals surface area contributed by atoms with E-state index >= 15 is 0 Å². The maximum atomic E-state index is 8.41. The van der Waals surface area contributed by atoms with E-state index in [0.29, 0.717) is 0 Å². The Morgan fingerprint density at radius 1 is 0.935 bits per heavy atom. The highest BCUT2D eigenvalue weighted by Gasteiger charge is 2.41. The van der Waals surface area contributed by atoms with Crippen LogP contribution in [-0.2, 0) is 0 Å². The topological polar surface area (TPSA) is 57.3 Å². The normalized spacial score (nSPS) is 18.5. The smallest absolute Gasteiger partial charge is 0.211 e. The number of rotatable bonds is 3. The van der Waals surface area contributed by atoms with Crippen molar-refractivity contribution in [1.82, 2.24) is 14.4 Å². The van der Waals surface area contributed by atoms with Gasteiger partial charge >= 0.3 is 0 Å². The number of piperidine rings is 1. The number of fused-ring (bicyclic) bond motifs is 2. The van der Waals surface area contributed by atoms with Crippen LogP contribution in [-0.4, -0.2) is 33.2 Å². The number of hydrogen-bond acceptors (Lipinski definition) is 5. The van der Waals surface area contributed by atoms with Crippen LogP contribution in [0.25, 0.3) is 16.4 Å². The van der Waals surface area contributed by atoms with E-state index in [4.69, 9.17) is 10.4 Å². The van der Waals surface area contributed by atoms with Gasteiger partial charge in [-0.25, -0.2) is 9.97 Å². The van der Waals surface area contributed by atoms with Crippen LogP contribution in [0.2, 0.25) is 0 Å². The van der Waals surface area contributed by atoms with E-state index in [9.17, 15) is 0 Å². The molecule has 156 valence electrons. The molecule has 1 saturated carbocycles. The van der Waals surface area contributed by atoms with E-state index in [1.807, 2.05) is 18.6 Å². The summed E-state index contributed by atoms with van der Waals surface area (Å²) in [5, 5.41) is 10.9. The van der Waals surface area contributed by atoms with Gasteiger partial charge in [0.2, 0.25) is 5.95 Å². The lowest BCUT2D eigenvalue weighted by Crippen LogP contribution is -2.43. The van der Waals surface area contributed by atoms with E-state index < -0.39 is 0 Å². The second kappa shape index (κ2) is 7.38. The first-order chi connectivity index (χ1) is 15.2. The number of benzene rings is 2. The van der Waals surface area contributed by atoms with Gasteiger partial charge in [-0.2, -0.15) is 0 Å². The van der Waals surface area contributed by atoms with Gasteiger partial charge in [0.25, 0.3) is 0 Å². The molecule has 0 atom stereocenters. The molecule has 1 N–H and O–H groups in total. The summed E-state index contributed by atoms with van der Waals surface area (Å²) in [5.41, 5.74) is 2.10. The van der Waals surface area contributed by atoms with Gasteiger partial charge in [-0.1, -0.05) is 48.2 Å². The minimum absolute atomic E-state index is 0.161. The highest BCUT2D eigenvalue weighted by Crippen LogP contribution is 2.44. The highest BCUT2D eigenvalue weighted by atomic mass is 32.2. The van der Waals surface area contributed by atoms with Gasteiger partial charge in [0.15, 0.2) is 5.65 Å². The summed E-state index contributed by atoms with van der Waals surface area (Å²) < 4.78 is 2.13. The maximum absolute atomic E-state index is 8.41. The van der Waals surface area contributed by atoms with Gasteiger partial charge in [0, 0.05) is 47.7 Å². The van der Waals surface area contributed by atoms with Crippen LogP contribution >= 0.6 is 11.8 Å². The van der Waals surface area contributed by atoms with Crippen LogP contribution in [0.5, 0.6) is 0 Å². The molecule has 5 nitrogen and oxygen atoms in total. The summed E-state index contributed by atoms with van der Waals surface area (Å²) in [6.07, 6.45) is 11.4. The SMILES string of the molecule is N=C1CCCC12CCN(c1ncc(Sc3cccc4ccccc34)c3nccn13)CC2. The molecule has 1 aliphatic heterocycles. The van der Waals surface area contributed by atoms with Gasteiger partial charge in [0.1, 0.15) is 0 Å². The second-order valence-electron chi connectivity index (χ2n) is 8.72. The first-order valence-electron chi connectivity index (χ1n) is 11.0. The standard InChI is InChI=1S/C25H25N5S/c26-22-9-4-10-25(22)11-14-29(15-12-25)24-28-17-21(23-27-13-16-30(23)24)31-20-8-3-6-18-5-1-2-7-19(18)20/h1-3,5-8,13,16-17,26H,4,9-12,14-15H2. The molecule has 2 aliphatic rings. The van der Waals surface area contributed by atoms with E-state index in [0.717, 1.165) is 54.6 Å². The average Bonchev–Trinajstić information content (AvgIpc) is 3.43. The Bertz CT molecular complexity index is 1280. The van der Waals surface area contributed by atoms with Crippen molar-refractivity contribution in [3.05, 3.63) is 61.1 Å². The average molecular weight is 428 g/mol. The molecule has 6 heteroatoms. The third kappa shape index (κ3) is 3.12. The van der Waals surface area contributed by atoms with Crippen molar-refractivity contribution in [3.63, 3.8) is 0 Å². The third-order valence-corrected chi connectivity index (χ3v) is 8.15. The van der Waals surface area contributed by atoms with Crippen molar-refractivity contribution in [2.75, 3.05) is 18.0 Å². The van der Waals surface area contributed by atoms with Crippen molar-refractivity contribution in [2.45, 2.75) is 41.9 Å². The summed E-state index contributed by atoms with van der Waals surface area (Å²) in [7, 11) is 0.